The molecule has 0 unspecified atom stereocenters. The van der Waals surface area contributed by atoms with Gasteiger partial charge >= 0.3 is 6.03 Å². The Balaban J connectivity index is 2.38. The number of nitrogens with one attached hydrogen (secondary N) is 2. The molecule has 1 heterocycles. The lowest BCUT2D eigenvalue weighted by Gasteiger charge is -2.13. The van der Waals surface area contributed by atoms with Gasteiger partial charge in [0.1, 0.15) is 11.8 Å². The van der Waals surface area contributed by atoms with Crippen LogP contribution in [0.15, 0.2) is 17.8 Å². The second kappa shape index (κ2) is 7.13. The van der Waals surface area contributed by atoms with Crippen LogP contribution in [-0.2, 0) is 4.79 Å². The first-order chi connectivity index (χ1) is 10.5. The lowest BCUT2D eigenvalue weighted by molar-refractivity contribution is -0.115. The second-order valence-electron chi connectivity index (χ2n) is 4.18. The van der Waals surface area contributed by atoms with Crippen LogP contribution >= 0.6 is 22.6 Å². The van der Waals surface area contributed by atoms with Crippen LogP contribution in [0.1, 0.15) is 12.5 Å². The van der Waals surface area contributed by atoms with Crippen molar-refractivity contribution in [3.63, 3.8) is 0 Å². The van der Waals surface area contributed by atoms with E-state index in [2.05, 4.69) is 33.2 Å². The lowest BCUT2D eigenvalue weighted by Crippen LogP contribution is -2.22. The van der Waals surface area contributed by atoms with E-state index in [0.717, 1.165) is 3.57 Å². The van der Waals surface area contributed by atoms with Crippen LogP contribution in [0.2, 0.25) is 0 Å². The molecule has 0 spiro atoms. The van der Waals surface area contributed by atoms with Crippen molar-refractivity contribution in [2.45, 2.75) is 6.92 Å². The number of halogens is 1. The van der Waals surface area contributed by atoms with Gasteiger partial charge in [0.25, 0.3) is 5.91 Å². The molecule has 8 heteroatoms. The van der Waals surface area contributed by atoms with Gasteiger partial charge in [-0.1, -0.05) is 0 Å². The molecule has 2 N–H and O–H groups in total. The molecular formula is C14H12IN3O4. The number of rotatable bonds is 5. The van der Waals surface area contributed by atoms with Crippen molar-refractivity contribution in [3.8, 4) is 17.6 Å². The highest BCUT2D eigenvalue weighted by Crippen LogP contribution is 2.34. The standard InChI is InChI=1S/C14H12IN3O4/c1-2-21-11-7-8(5-9(15)12(11)22-4-3-16)6-10-13(19)18-14(20)17-10/h5-7H,2,4H2,1H3,(H2,17,18,19,20)/b10-6-. The Bertz CT molecular complexity index is 694. The van der Waals surface area contributed by atoms with Gasteiger partial charge in [-0.15, -0.1) is 0 Å². The molecule has 1 aliphatic rings. The van der Waals surface area contributed by atoms with E-state index in [4.69, 9.17) is 14.7 Å². The molecule has 1 fully saturated rings. The van der Waals surface area contributed by atoms with Gasteiger partial charge in [0.05, 0.1) is 10.2 Å². The normalized spacial score (nSPS) is 15.2. The van der Waals surface area contributed by atoms with E-state index in [1.807, 2.05) is 13.0 Å². The van der Waals surface area contributed by atoms with Crippen LogP contribution in [0.3, 0.4) is 0 Å². The van der Waals surface area contributed by atoms with Gasteiger partial charge in [0.2, 0.25) is 0 Å². The zero-order chi connectivity index (χ0) is 16.1. The Hall–Kier alpha value is -2.28. The molecule has 0 radical (unpaired) electrons. The summed E-state index contributed by atoms with van der Waals surface area (Å²) in [6.45, 7) is 2.17. The van der Waals surface area contributed by atoms with Gasteiger partial charge in [-0.05, 0) is 53.3 Å². The van der Waals surface area contributed by atoms with Crippen molar-refractivity contribution in [3.05, 3.63) is 27.0 Å². The Morgan fingerprint density at radius 2 is 2.09 bits per heavy atom. The van der Waals surface area contributed by atoms with E-state index >= 15 is 0 Å². The third-order valence-corrected chi connectivity index (χ3v) is 3.44. The minimum Gasteiger partial charge on any atom is -0.490 e. The van der Waals surface area contributed by atoms with Crippen LogP contribution in [0, 0.1) is 14.9 Å². The monoisotopic (exact) mass is 413 g/mol. The molecule has 0 aromatic heterocycles. The summed E-state index contributed by atoms with van der Waals surface area (Å²) < 4.78 is 11.6. The number of benzene rings is 1. The Kier molecular flexibility index (Phi) is 5.21. The van der Waals surface area contributed by atoms with Gasteiger partial charge in [0.15, 0.2) is 18.1 Å². The smallest absolute Gasteiger partial charge is 0.326 e. The van der Waals surface area contributed by atoms with Crippen molar-refractivity contribution >= 4 is 40.6 Å². The fourth-order valence-corrected chi connectivity index (χ4v) is 2.61. The van der Waals surface area contributed by atoms with E-state index < -0.39 is 11.9 Å². The highest BCUT2D eigenvalue weighted by Gasteiger charge is 2.23. The lowest BCUT2D eigenvalue weighted by atomic mass is 10.1. The zero-order valence-corrected chi connectivity index (χ0v) is 13.8. The number of amides is 3. The van der Waals surface area contributed by atoms with Crippen LogP contribution in [0.25, 0.3) is 6.08 Å². The van der Waals surface area contributed by atoms with Gasteiger partial charge in [-0.25, -0.2) is 4.79 Å². The number of carbonyl (C=O) groups excluding carboxylic acids is 2. The van der Waals surface area contributed by atoms with Crippen molar-refractivity contribution < 1.29 is 19.1 Å². The summed E-state index contributed by atoms with van der Waals surface area (Å²) in [4.78, 5) is 22.6. The number of nitrogens with zero attached hydrogens (tertiary/aromatic N) is 1. The SMILES string of the molecule is CCOc1cc(/C=C2\NC(=O)NC2=O)cc(I)c1OCC#N. The molecular weight excluding hydrogens is 401 g/mol. The Morgan fingerprint density at radius 3 is 2.68 bits per heavy atom. The van der Waals surface area contributed by atoms with Crippen molar-refractivity contribution in [2.75, 3.05) is 13.2 Å². The molecule has 114 valence electrons. The zero-order valence-electron chi connectivity index (χ0n) is 11.6. The first-order valence-corrected chi connectivity index (χ1v) is 7.43. The number of ether oxygens (including phenoxy) is 2. The summed E-state index contributed by atoms with van der Waals surface area (Å²) in [7, 11) is 0. The summed E-state index contributed by atoms with van der Waals surface area (Å²) in [6, 6.07) is 4.80. The number of hydrogen-bond acceptors (Lipinski definition) is 5. The molecule has 0 atom stereocenters. The minimum absolute atomic E-state index is 0.0883. The Morgan fingerprint density at radius 1 is 1.32 bits per heavy atom. The molecule has 7 nitrogen and oxygen atoms in total. The maximum atomic E-state index is 11.5. The first-order valence-electron chi connectivity index (χ1n) is 6.35. The summed E-state index contributed by atoms with van der Waals surface area (Å²) in [5, 5.41) is 13.2. The number of carbonyl (C=O) groups is 2. The average Bonchev–Trinajstić information content (AvgIpc) is 2.76. The largest absolute Gasteiger partial charge is 0.490 e. The number of hydrogen-bond donors (Lipinski definition) is 2. The van der Waals surface area contributed by atoms with Crippen LogP contribution in [-0.4, -0.2) is 25.2 Å². The third kappa shape index (κ3) is 3.67. The van der Waals surface area contributed by atoms with E-state index in [9.17, 15) is 9.59 Å². The number of imide groups is 1. The summed E-state index contributed by atoms with van der Waals surface area (Å²) in [6.07, 6.45) is 1.54. The molecule has 22 heavy (non-hydrogen) atoms. The molecule has 0 bridgehead atoms. The fraction of sp³-hybridized carbons (Fsp3) is 0.214. The summed E-state index contributed by atoms with van der Waals surface area (Å²) >= 11 is 2.06. The van der Waals surface area contributed by atoms with Gasteiger partial charge < -0.3 is 14.8 Å². The summed E-state index contributed by atoms with van der Waals surface area (Å²) in [5.41, 5.74) is 0.832. The Labute approximate surface area is 140 Å². The maximum absolute atomic E-state index is 11.5. The molecule has 0 aliphatic carbocycles. The number of nitriles is 1. The second-order valence-corrected chi connectivity index (χ2v) is 5.34. The predicted molar refractivity (Wildman–Crippen MR) is 86.1 cm³/mol. The topological polar surface area (TPSA) is 100 Å². The molecule has 3 amide bonds. The maximum Gasteiger partial charge on any atom is 0.326 e. The first kappa shape index (κ1) is 16.1. The van der Waals surface area contributed by atoms with Crippen LogP contribution in [0.4, 0.5) is 4.79 Å². The van der Waals surface area contributed by atoms with Crippen molar-refractivity contribution in [1.29, 1.82) is 5.26 Å². The molecule has 1 aromatic carbocycles. The third-order valence-electron chi connectivity index (χ3n) is 2.64. The van der Waals surface area contributed by atoms with Gasteiger partial charge in [-0.2, -0.15) is 5.26 Å². The highest BCUT2D eigenvalue weighted by atomic mass is 127. The number of urea groups is 1. The average molecular weight is 413 g/mol. The summed E-state index contributed by atoms with van der Waals surface area (Å²) in [5.74, 6) is 0.468. The quantitative estimate of drug-likeness (QED) is 0.436. The predicted octanol–water partition coefficient (Wildman–Crippen LogP) is 1.77. The minimum atomic E-state index is -0.551. The van der Waals surface area contributed by atoms with E-state index in [1.54, 1.807) is 18.2 Å². The molecule has 0 saturated carbocycles. The van der Waals surface area contributed by atoms with E-state index in [1.165, 1.54) is 0 Å². The van der Waals surface area contributed by atoms with Crippen molar-refractivity contribution in [1.82, 2.24) is 10.6 Å². The molecule has 1 saturated heterocycles. The van der Waals surface area contributed by atoms with Gasteiger partial charge in [-0.3, -0.25) is 10.1 Å². The van der Waals surface area contributed by atoms with Crippen LogP contribution < -0.4 is 20.1 Å². The van der Waals surface area contributed by atoms with E-state index in [-0.39, 0.29) is 12.3 Å². The van der Waals surface area contributed by atoms with Crippen molar-refractivity contribution in [2.24, 2.45) is 0 Å². The molecule has 1 aliphatic heterocycles. The fourth-order valence-electron chi connectivity index (χ4n) is 1.83. The van der Waals surface area contributed by atoms with Crippen LogP contribution in [0.5, 0.6) is 11.5 Å². The molecule has 1 aromatic rings. The van der Waals surface area contributed by atoms with E-state index in [0.29, 0.717) is 23.7 Å². The van der Waals surface area contributed by atoms with Gasteiger partial charge in [0, 0.05) is 0 Å². The molecule has 2 rings (SSSR count). The highest BCUT2D eigenvalue weighted by molar-refractivity contribution is 14.1.